The van der Waals surface area contributed by atoms with Crippen molar-refractivity contribution < 1.29 is 14.4 Å². The second-order valence-corrected chi connectivity index (χ2v) is 10.6. The molecule has 5 heteroatoms. The maximum atomic E-state index is 13.3. The summed E-state index contributed by atoms with van der Waals surface area (Å²) in [5.41, 5.74) is 1.13. The van der Waals surface area contributed by atoms with Crippen molar-refractivity contribution in [2.24, 2.45) is 39.7 Å². The Labute approximate surface area is 168 Å². The summed E-state index contributed by atoms with van der Waals surface area (Å²) >= 11 is 0. The molecule has 5 rings (SSSR count). The van der Waals surface area contributed by atoms with Crippen LogP contribution in [0.2, 0.25) is 0 Å². The van der Waals surface area contributed by atoms with Crippen LogP contribution in [0.25, 0.3) is 0 Å². The van der Waals surface area contributed by atoms with Gasteiger partial charge in [-0.3, -0.25) is 9.59 Å². The smallest absolute Gasteiger partial charge is 0.141 e. The molecule has 154 valence electrons. The third-order valence-electron chi connectivity index (χ3n) is 9.36. The SMILES string of the molecule is C[C@]12CCC(=NO[C@H]3CCNC3)CC1CC(=O)[C@@H]1[C@@H]2CC[C@]2(C)C(=O)CC[C@@H]12. The number of oxime groups is 1. The van der Waals surface area contributed by atoms with Gasteiger partial charge < -0.3 is 10.2 Å². The minimum absolute atomic E-state index is 0.116. The summed E-state index contributed by atoms with van der Waals surface area (Å²) < 4.78 is 0. The maximum Gasteiger partial charge on any atom is 0.141 e. The van der Waals surface area contributed by atoms with E-state index in [4.69, 9.17) is 4.84 Å². The lowest BCUT2D eigenvalue weighted by molar-refractivity contribution is -0.154. The molecule has 1 unspecified atom stereocenters. The summed E-state index contributed by atoms with van der Waals surface area (Å²) in [6, 6.07) is 0. The fourth-order valence-corrected chi connectivity index (χ4v) is 7.46. The molecule has 0 bridgehead atoms. The van der Waals surface area contributed by atoms with Crippen molar-refractivity contribution in [2.45, 2.75) is 77.7 Å². The third kappa shape index (κ3) is 2.72. The first kappa shape index (κ1) is 18.8. The average molecular weight is 387 g/mol. The number of Topliss-reactive ketones (excluding diaryl/α,β-unsaturated/α-hetero) is 2. The summed E-state index contributed by atoms with van der Waals surface area (Å²) in [7, 11) is 0. The van der Waals surface area contributed by atoms with E-state index in [1.165, 1.54) is 0 Å². The van der Waals surface area contributed by atoms with Gasteiger partial charge in [-0.25, -0.2) is 0 Å². The topological polar surface area (TPSA) is 67.8 Å². The van der Waals surface area contributed by atoms with Gasteiger partial charge in [-0.2, -0.15) is 0 Å². The number of nitrogens with zero attached hydrogens (tertiary/aromatic N) is 1. The van der Waals surface area contributed by atoms with Crippen LogP contribution in [0.3, 0.4) is 0 Å². The zero-order chi connectivity index (χ0) is 19.5. The van der Waals surface area contributed by atoms with Gasteiger partial charge in [-0.15, -0.1) is 0 Å². The van der Waals surface area contributed by atoms with Gasteiger partial charge in [-0.05, 0) is 68.2 Å². The van der Waals surface area contributed by atoms with E-state index in [1.54, 1.807) is 0 Å². The first-order valence-electron chi connectivity index (χ1n) is 11.4. The van der Waals surface area contributed by atoms with Gasteiger partial charge in [0.25, 0.3) is 0 Å². The van der Waals surface area contributed by atoms with E-state index in [-0.39, 0.29) is 28.8 Å². The van der Waals surface area contributed by atoms with Crippen LogP contribution >= 0.6 is 0 Å². The molecule has 0 aromatic carbocycles. The van der Waals surface area contributed by atoms with Crippen LogP contribution in [0.1, 0.15) is 71.6 Å². The van der Waals surface area contributed by atoms with Crippen LogP contribution in [0, 0.1) is 34.5 Å². The van der Waals surface area contributed by atoms with Crippen molar-refractivity contribution in [2.75, 3.05) is 13.1 Å². The highest BCUT2D eigenvalue weighted by molar-refractivity contribution is 5.91. The van der Waals surface area contributed by atoms with E-state index < -0.39 is 0 Å². The number of fused-ring (bicyclic) bond motifs is 5. The normalized spacial score (nSPS) is 49.6. The lowest BCUT2D eigenvalue weighted by atomic mass is 9.45. The second kappa shape index (κ2) is 6.65. The Morgan fingerprint density at radius 3 is 2.68 bits per heavy atom. The summed E-state index contributed by atoms with van der Waals surface area (Å²) in [5, 5.41) is 7.82. The van der Waals surface area contributed by atoms with E-state index in [1.807, 2.05) is 0 Å². The predicted molar refractivity (Wildman–Crippen MR) is 107 cm³/mol. The van der Waals surface area contributed by atoms with Crippen molar-refractivity contribution in [1.29, 1.82) is 0 Å². The first-order chi connectivity index (χ1) is 13.4. The second-order valence-electron chi connectivity index (χ2n) is 10.6. The number of ketones is 2. The van der Waals surface area contributed by atoms with E-state index >= 15 is 0 Å². The van der Waals surface area contributed by atoms with E-state index in [0.717, 1.165) is 63.7 Å². The number of nitrogens with one attached hydrogen (secondary N) is 1. The van der Waals surface area contributed by atoms with Crippen molar-refractivity contribution >= 4 is 17.3 Å². The van der Waals surface area contributed by atoms with Gasteiger partial charge in [-0.1, -0.05) is 19.0 Å². The summed E-state index contributed by atoms with van der Waals surface area (Å²) in [6.07, 6.45) is 8.54. The minimum Gasteiger partial charge on any atom is -0.391 e. The molecule has 1 aliphatic heterocycles. The van der Waals surface area contributed by atoms with Crippen LogP contribution < -0.4 is 5.32 Å². The van der Waals surface area contributed by atoms with Gasteiger partial charge in [0.05, 0.1) is 5.71 Å². The summed E-state index contributed by atoms with van der Waals surface area (Å²) in [4.78, 5) is 31.6. The Hall–Kier alpha value is -1.23. The molecule has 0 radical (unpaired) electrons. The molecule has 1 heterocycles. The molecular formula is C23H34N2O3. The van der Waals surface area contributed by atoms with E-state index in [9.17, 15) is 9.59 Å². The van der Waals surface area contributed by atoms with Crippen molar-refractivity contribution in [3.63, 3.8) is 0 Å². The zero-order valence-electron chi connectivity index (χ0n) is 17.3. The molecule has 28 heavy (non-hydrogen) atoms. The Balaban J connectivity index is 1.35. The maximum absolute atomic E-state index is 13.3. The standard InChI is InChI=1S/C23H34N2O3/c1-22-8-5-15(25-28-16-7-10-24-13-16)11-14(22)12-19(26)21-17-3-4-20(27)23(17,2)9-6-18(21)22/h14,16-18,21,24H,3-13H2,1-2H3/t14?,16-,17-,18-,21-,22-,23-/m0/s1. The van der Waals surface area contributed by atoms with Crippen LogP contribution in [0.5, 0.6) is 0 Å². The molecule has 0 aromatic heterocycles. The highest BCUT2D eigenvalue weighted by Crippen LogP contribution is 2.64. The molecule has 5 nitrogen and oxygen atoms in total. The molecule has 1 N–H and O–H groups in total. The van der Waals surface area contributed by atoms with Crippen molar-refractivity contribution in [3.05, 3.63) is 0 Å². The number of carbonyl (C=O) groups excluding carboxylic acids is 2. The lowest BCUT2D eigenvalue weighted by Gasteiger charge is -2.58. The number of hydrogen-bond acceptors (Lipinski definition) is 5. The van der Waals surface area contributed by atoms with Gasteiger partial charge in [0.15, 0.2) is 0 Å². The summed E-state index contributed by atoms with van der Waals surface area (Å²) in [5.74, 6) is 2.08. The molecule has 5 aliphatic rings. The lowest BCUT2D eigenvalue weighted by Crippen LogP contribution is -2.57. The highest BCUT2D eigenvalue weighted by atomic mass is 16.6. The number of rotatable bonds is 2. The van der Waals surface area contributed by atoms with Crippen molar-refractivity contribution in [3.8, 4) is 0 Å². The molecule has 0 spiro atoms. The molecule has 7 atom stereocenters. The largest absolute Gasteiger partial charge is 0.391 e. The fourth-order valence-electron chi connectivity index (χ4n) is 7.46. The van der Waals surface area contributed by atoms with Crippen LogP contribution in [0.4, 0.5) is 0 Å². The Morgan fingerprint density at radius 1 is 1.04 bits per heavy atom. The molecule has 0 aromatic rings. The van der Waals surface area contributed by atoms with Gasteiger partial charge in [0, 0.05) is 37.1 Å². The Bertz CT molecular complexity index is 713. The molecule has 1 saturated heterocycles. The molecule has 4 saturated carbocycles. The predicted octanol–water partition coefficient (Wildman–Crippen LogP) is 3.51. The first-order valence-corrected chi connectivity index (χ1v) is 11.4. The Kier molecular flexibility index (Phi) is 4.46. The van der Waals surface area contributed by atoms with Crippen LogP contribution in [-0.4, -0.2) is 36.5 Å². The molecule has 0 amide bonds. The van der Waals surface area contributed by atoms with E-state index in [0.29, 0.717) is 36.2 Å². The zero-order valence-corrected chi connectivity index (χ0v) is 17.3. The van der Waals surface area contributed by atoms with Gasteiger partial charge >= 0.3 is 0 Å². The fraction of sp³-hybridized carbons (Fsp3) is 0.870. The molecular weight excluding hydrogens is 352 g/mol. The summed E-state index contributed by atoms with van der Waals surface area (Å²) in [6.45, 7) is 6.47. The van der Waals surface area contributed by atoms with E-state index in [2.05, 4.69) is 24.3 Å². The minimum atomic E-state index is -0.232. The van der Waals surface area contributed by atoms with Crippen LogP contribution in [0.15, 0.2) is 5.16 Å². The van der Waals surface area contributed by atoms with Gasteiger partial charge in [0.1, 0.15) is 17.7 Å². The highest BCUT2D eigenvalue weighted by Gasteiger charge is 2.62. The number of hydrogen-bond donors (Lipinski definition) is 1. The molecule has 5 fully saturated rings. The Morgan fingerprint density at radius 2 is 1.89 bits per heavy atom. The monoisotopic (exact) mass is 386 g/mol. The van der Waals surface area contributed by atoms with Gasteiger partial charge in [0.2, 0.25) is 0 Å². The molecule has 4 aliphatic carbocycles. The van der Waals surface area contributed by atoms with Crippen LogP contribution in [-0.2, 0) is 14.4 Å². The van der Waals surface area contributed by atoms with Crippen molar-refractivity contribution in [1.82, 2.24) is 5.32 Å². The number of carbonyl (C=O) groups is 2. The quantitative estimate of drug-likeness (QED) is 0.738. The third-order valence-corrected chi connectivity index (χ3v) is 9.36. The average Bonchev–Trinajstić information content (AvgIpc) is 3.29.